The third-order valence-corrected chi connectivity index (χ3v) is 4.65. The van der Waals surface area contributed by atoms with E-state index < -0.39 is 6.10 Å². The largest absolute Gasteiger partial charge is 0.384 e. The summed E-state index contributed by atoms with van der Waals surface area (Å²) < 4.78 is 0.962. The zero-order chi connectivity index (χ0) is 15.0. The number of hydrogen-bond acceptors (Lipinski definition) is 2. The fourth-order valence-electron chi connectivity index (χ4n) is 2.34. The molecular formula is C17H13BrClNO. The Hall–Kier alpha value is -1.42. The zero-order valence-electron chi connectivity index (χ0n) is 11.3. The van der Waals surface area contributed by atoms with Crippen LogP contribution >= 0.6 is 27.5 Å². The van der Waals surface area contributed by atoms with Crippen molar-refractivity contribution in [1.29, 1.82) is 0 Å². The van der Waals surface area contributed by atoms with Crippen molar-refractivity contribution in [2.24, 2.45) is 0 Å². The summed E-state index contributed by atoms with van der Waals surface area (Å²) >= 11 is 9.67. The lowest BCUT2D eigenvalue weighted by molar-refractivity contribution is 0.221. The average molecular weight is 363 g/mol. The Balaban J connectivity index is 2.15. The molecule has 0 bridgehead atoms. The summed E-state index contributed by atoms with van der Waals surface area (Å²) in [5.41, 5.74) is 3.32. The number of pyridine rings is 1. The minimum Gasteiger partial charge on any atom is -0.384 e. The van der Waals surface area contributed by atoms with Crippen molar-refractivity contribution in [1.82, 2.24) is 4.98 Å². The maximum absolute atomic E-state index is 10.7. The molecule has 2 nitrogen and oxygen atoms in total. The lowest BCUT2D eigenvalue weighted by Gasteiger charge is -2.15. The summed E-state index contributed by atoms with van der Waals surface area (Å²) in [6, 6.07) is 13.3. The van der Waals surface area contributed by atoms with Crippen molar-refractivity contribution in [3.8, 4) is 0 Å². The van der Waals surface area contributed by atoms with E-state index in [0.29, 0.717) is 5.02 Å². The zero-order valence-corrected chi connectivity index (χ0v) is 13.7. The highest BCUT2D eigenvalue weighted by atomic mass is 79.9. The Kier molecular flexibility index (Phi) is 3.98. The van der Waals surface area contributed by atoms with E-state index in [4.69, 9.17) is 11.6 Å². The van der Waals surface area contributed by atoms with Crippen LogP contribution in [-0.4, -0.2) is 10.1 Å². The van der Waals surface area contributed by atoms with Gasteiger partial charge in [0.1, 0.15) is 6.10 Å². The van der Waals surface area contributed by atoms with Crippen LogP contribution in [-0.2, 0) is 0 Å². The molecule has 0 saturated heterocycles. The van der Waals surface area contributed by atoms with E-state index in [1.54, 1.807) is 12.3 Å². The molecule has 0 radical (unpaired) electrons. The Bertz CT molecular complexity index is 819. The van der Waals surface area contributed by atoms with Crippen LogP contribution in [0.15, 0.2) is 53.1 Å². The molecule has 1 aromatic heterocycles. The van der Waals surface area contributed by atoms with E-state index in [2.05, 4.69) is 20.9 Å². The van der Waals surface area contributed by atoms with Gasteiger partial charge in [-0.15, -0.1) is 0 Å². The van der Waals surface area contributed by atoms with Crippen LogP contribution in [0.1, 0.15) is 22.8 Å². The first-order valence-corrected chi connectivity index (χ1v) is 7.72. The Morgan fingerprint density at radius 3 is 2.76 bits per heavy atom. The topological polar surface area (TPSA) is 33.1 Å². The molecule has 1 atom stereocenters. The summed E-state index contributed by atoms with van der Waals surface area (Å²) in [6.45, 7) is 1.94. The van der Waals surface area contributed by atoms with Gasteiger partial charge in [-0.3, -0.25) is 4.98 Å². The van der Waals surface area contributed by atoms with E-state index in [1.807, 2.05) is 43.3 Å². The highest BCUT2D eigenvalue weighted by Gasteiger charge is 2.16. The van der Waals surface area contributed by atoms with Crippen LogP contribution in [0.5, 0.6) is 0 Å². The molecule has 21 heavy (non-hydrogen) atoms. The van der Waals surface area contributed by atoms with Gasteiger partial charge in [-0.05, 0) is 36.2 Å². The van der Waals surface area contributed by atoms with Gasteiger partial charge in [0, 0.05) is 26.6 Å². The molecule has 0 aliphatic heterocycles. The second-order valence-electron chi connectivity index (χ2n) is 4.95. The van der Waals surface area contributed by atoms with Crippen molar-refractivity contribution in [3.63, 3.8) is 0 Å². The SMILES string of the molecule is Cc1ccc(C(O)c2ccc(Br)c3cccnc23)cc1Cl. The van der Waals surface area contributed by atoms with Gasteiger partial charge in [0.25, 0.3) is 0 Å². The molecule has 2 aromatic carbocycles. The molecule has 0 aliphatic rings. The first kappa shape index (κ1) is 14.5. The number of halogens is 2. The van der Waals surface area contributed by atoms with Crippen LogP contribution in [0.4, 0.5) is 0 Å². The molecule has 106 valence electrons. The number of aliphatic hydroxyl groups excluding tert-OH is 1. The predicted molar refractivity (Wildman–Crippen MR) is 89.7 cm³/mol. The molecule has 3 rings (SSSR count). The number of fused-ring (bicyclic) bond motifs is 1. The average Bonchev–Trinajstić information content (AvgIpc) is 2.50. The first-order chi connectivity index (χ1) is 10.1. The van der Waals surface area contributed by atoms with Crippen LogP contribution in [0, 0.1) is 6.92 Å². The summed E-state index contributed by atoms with van der Waals surface area (Å²) in [6.07, 6.45) is 0.973. The number of nitrogens with zero attached hydrogens (tertiary/aromatic N) is 1. The molecule has 1 heterocycles. The van der Waals surface area contributed by atoms with E-state index in [-0.39, 0.29) is 0 Å². The Morgan fingerprint density at radius 1 is 1.19 bits per heavy atom. The number of aryl methyl sites for hydroxylation is 1. The van der Waals surface area contributed by atoms with Crippen LogP contribution in [0.2, 0.25) is 5.02 Å². The van der Waals surface area contributed by atoms with E-state index in [0.717, 1.165) is 32.1 Å². The van der Waals surface area contributed by atoms with Crippen molar-refractivity contribution in [2.75, 3.05) is 0 Å². The highest BCUT2D eigenvalue weighted by Crippen LogP contribution is 2.32. The molecular weight excluding hydrogens is 350 g/mol. The van der Waals surface area contributed by atoms with Gasteiger partial charge in [0.2, 0.25) is 0 Å². The second kappa shape index (κ2) is 5.76. The Morgan fingerprint density at radius 2 is 2.00 bits per heavy atom. The molecule has 0 fully saturated rings. The number of rotatable bonds is 2. The van der Waals surface area contributed by atoms with Crippen molar-refractivity contribution >= 4 is 38.4 Å². The first-order valence-electron chi connectivity index (χ1n) is 6.55. The Labute approximate surface area is 136 Å². The summed E-state index contributed by atoms with van der Waals surface area (Å²) in [5.74, 6) is 0. The van der Waals surface area contributed by atoms with Crippen molar-refractivity contribution in [3.05, 3.63) is 74.8 Å². The maximum atomic E-state index is 10.7. The van der Waals surface area contributed by atoms with Crippen LogP contribution in [0.25, 0.3) is 10.9 Å². The monoisotopic (exact) mass is 361 g/mol. The van der Waals surface area contributed by atoms with Gasteiger partial charge in [0.15, 0.2) is 0 Å². The normalized spacial score (nSPS) is 12.6. The molecule has 0 aliphatic carbocycles. The van der Waals surface area contributed by atoms with Gasteiger partial charge in [-0.25, -0.2) is 0 Å². The summed E-state index contributed by atoms with van der Waals surface area (Å²) in [5, 5.41) is 12.3. The van der Waals surface area contributed by atoms with Gasteiger partial charge in [-0.2, -0.15) is 0 Å². The highest BCUT2D eigenvalue weighted by molar-refractivity contribution is 9.10. The quantitative estimate of drug-likeness (QED) is 0.692. The summed E-state index contributed by atoms with van der Waals surface area (Å²) in [4.78, 5) is 4.41. The number of aliphatic hydroxyl groups is 1. The fourth-order valence-corrected chi connectivity index (χ4v) is 2.98. The van der Waals surface area contributed by atoms with Crippen LogP contribution in [0.3, 0.4) is 0 Å². The minimum atomic E-state index is -0.756. The molecule has 1 N–H and O–H groups in total. The van der Waals surface area contributed by atoms with Crippen LogP contribution < -0.4 is 0 Å². The van der Waals surface area contributed by atoms with E-state index in [9.17, 15) is 5.11 Å². The molecule has 0 spiro atoms. The van der Waals surface area contributed by atoms with Gasteiger partial charge < -0.3 is 5.11 Å². The van der Waals surface area contributed by atoms with Gasteiger partial charge in [-0.1, -0.05) is 51.8 Å². The number of hydrogen-bond donors (Lipinski definition) is 1. The lowest BCUT2D eigenvalue weighted by atomic mass is 9.98. The van der Waals surface area contributed by atoms with E-state index >= 15 is 0 Å². The van der Waals surface area contributed by atoms with Crippen molar-refractivity contribution < 1.29 is 5.11 Å². The number of benzene rings is 2. The molecule has 0 amide bonds. The molecule has 3 aromatic rings. The smallest absolute Gasteiger partial charge is 0.106 e. The van der Waals surface area contributed by atoms with Gasteiger partial charge in [0.05, 0.1) is 5.52 Å². The predicted octanol–water partition coefficient (Wildman–Crippen LogP) is 5.04. The third kappa shape index (κ3) is 2.69. The fraction of sp³-hybridized carbons (Fsp3) is 0.118. The molecule has 1 unspecified atom stereocenters. The minimum absolute atomic E-state index is 0.654. The molecule has 4 heteroatoms. The van der Waals surface area contributed by atoms with Crippen molar-refractivity contribution in [2.45, 2.75) is 13.0 Å². The maximum Gasteiger partial charge on any atom is 0.106 e. The summed E-state index contributed by atoms with van der Waals surface area (Å²) in [7, 11) is 0. The van der Waals surface area contributed by atoms with Gasteiger partial charge >= 0.3 is 0 Å². The lowest BCUT2D eigenvalue weighted by Crippen LogP contribution is -2.02. The molecule has 0 saturated carbocycles. The van der Waals surface area contributed by atoms with E-state index in [1.165, 1.54) is 0 Å². The number of aromatic nitrogens is 1. The second-order valence-corrected chi connectivity index (χ2v) is 6.21. The third-order valence-electron chi connectivity index (χ3n) is 3.55. The standard InChI is InChI=1S/C17H13BrClNO/c1-10-4-5-11(9-15(10)19)17(21)13-6-7-14(18)12-3-2-8-20-16(12)13/h2-9,17,21H,1H3.